The van der Waals surface area contributed by atoms with Crippen LogP contribution in [0.3, 0.4) is 0 Å². The molecule has 0 unspecified atom stereocenters. The van der Waals surface area contributed by atoms with E-state index < -0.39 is 33.2 Å². The molecular formula is C20H21N3O8S. The van der Waals surface area contributed by atoms with E-state index in [0.29, 0.717) is 6.54 Å². The van der Waals surface area contributed by atoms with Crippen molar-refractivity contribution >= 4 is 33.3 Å². The number of para-hydroxylation sites is 1. The Morgan fingerprint density at radius 1 is 1.22 bits per heavy atom. The molecule has 0 spiro atoms. The monoisotopic (exact) mass is 463 g/mol. The van der Waals surface area contributed by atoms with Crippen LogP contribution in [-0.2, 0) is 30.8 Å². The van der Waals surface area contributed by atoms with Crippen molar-refractivity contribution in [2.75, 3.05) is 31.7 Å². The number of fused-ring (bicyclic) bond motifs is 1. The summed E-state index contributed by atoms with van der Waals surface area (Å²) in [6.07, 6.45) is 0.405. The van der Waals surface area contributed by atoms with Crippen molar-refractivity contribution in [2.45, 2.75) is 17.7 Å². The van der Waals surface area contributed by atoms with E-state index in [2.05, 4.69) is 4.72 Å². The molecule has 1 aliphatic rings. The first kappa shape index (κ1) is 23.2. The van der Waals surface area contributed by atoms with Crippen LogP contribution in [0.1, 0.15) is 12.0 Å². The molecule has 0 atom stereocenters. The van der Waals surface area contributed by atoms with Crippen LogP contribution in [-0.4, -0.2) is 52.0 Å². The largest absolute Gasteiger partial charge is 0.490 e. The van der Waals surface area contributed by atoms with Gasteiger partial charge in [-0.1, -0.05) is 18.2 Å². The Morgan fingerprint density at radius 3 is 2.69 bits per heavy atom. The minimum absolute atomic E-state index is 0.0807. The summed E-state index contributed by atoms with van der Waals surface area (Å²) < 4.78 is 36.7. The SMILES string of the molecule is COc1ccc(S(=O)(=O)NCCC(=O)OCC(=O)N2CCc3ccccc32)cc1[N+](=O)[O-]. The minimum Gasteiger partial charge on any atom is -0.490 e. The zero-order valence-corrected chi connectivity index (χ0v) is 18.0. The van der Waals surface area contributed by atoms with Gasteiger partial charge in [-0.25, -0.2) is 13.1 Å². The van der Waals surface area contributed by atoms with Crippen LogP contribution in [0.5, 0.6) is 5.75 Å². The minimum atomic E-state index is -4.11. The molecule has 0 radical (unpaired) electrons. The summed E-state index contributed by atoms with van der Waals surface area (Å²) in [6, 6.07) is 10.6. The molecule has 1 N–H and O–H groups in total. The lowest BCUT2D eigenvalue weighted by Gasteiger charge is -2.17. The van der Waals surface area contributed by atoms with Gasteiger partial charge in [0, 0.05) is 24.8 Å². The van der Waals surface area contributed by atoms with Crippen molar-refractivity contribution < 1.29 is 32.4 Å². The molecule has 2 aromatic rings. The van der Waals surface area contributed by atoms with E-state index in [1.165, 1.54) is 13.2 Å². The number of esters is 1. The molecule has 1 heterocycles. The number of nitro benzene ring substituents is 1. The maximum absolute atomic E-state index is 12.4. The third-order valence-corrected chi connectivity index (χ3v) is 6.28. The Morgan fingerprint density at radius 2 is 1.97 bits per heavy atom. The Labute approximate surface area is 184 Å². The number of rotatable bonds is 9. The zero-order valence-electron chi connectivity index (χ0n) is 17.1. The maximum atomic E-state index is 12.4. The first-order valence-electron chi connectivity index (χ1n) is 9.59. The number of sulfonamides is 1. The standard InChI is InChI=1S/C20H21N3O8S/c1-30-18-7-6-15(12-17(18)23(26)27)32(28,29)21-10-8-20(25)31-13-19(24)22-11-9-14-4-2-3-5-16(14)22/h2-7,12,21H,8-11,13H2,1H3. The van der Waals surface area contributed by atoms with Crippen molar-refractivity contribution in [3.8, 4) is 5.75 Å². The highest BCUT2D eigenvalue weighted by molar-refractivity contribution is 7.89. The summed E-state index contributed by atoms with van der Waals surface area (Å²) in [5.74, 6) is -1.20. The van der Waals surface area contributed by atoms with E-state index in [1.807, 2.05) is 24.3 Å². The number of amides is 1. The van der Waals surface area contributed by atoms with Gasteiger partial charge in [0.2, 0.25) is 10.0 Å². The summed E-state index contributed by atoms with van der Waals surface area (Å²) in [7, 11) is -2.88. The Kier molecular flexibility index (Phi) is 7.05. The number of nitrogens with one attached hydrogen (secondary N) is 1. The molecule has 0 fully saturated rings. The lowest BCUT2D eigenvalue weighted by molar-refractivity contribution is -0.386. The van der Waals surface area contributed by atoms with Gasteiger partial charge < -0.3 is 14.4 Å². The third-order valence-electron chi connectivity index (χ3n) is 4.82. The molecule has 0 saturated heterocycles. The fourth-order valence-corrected chi connectivity index (χ4v) is 4.29. The molecule has 3 rings (SSSR count). The quantitative estimate of drug-likeness (QED) is 0.334. The van der Waals surface area contributed by atoms with Crippen LogP contribution in [0.4, 0.5) is 11.4 Å². The molecular weight excluding hydrogens is 442 g/mol. The summed E-state index contributed by atoms with van der Waals surface area (Å²) >= 11 is 0. The number of carbonyl (C=O) groups excluding carboxylic acids is 2. The molecule has 1 amide bonds. The predicted molar refractivity (Wildman–Crippen MR) is 113 cm³/mol. The highest BCUT2D eigenvalue weighted by Crippen LogP contribution is 2.29. The third kappa shape index (κ3) is 5.21. The first-order chi connectivity index (χ1) is 15.2. The van der Waals surface area contributed by atoms with Crippen LogP contribution in [0.25, 0.3) is 0 Å². The summed E-state index contributed by atoms with van der Waals surface area (Å²) in [5, 5.41) is 11.1. The number of anilines is 1. The van der Waals surface area contributed by atoms with Crippen molar-refractivity contribution in [1.82, 2.24) is 4.72 Å². The van der Waals surface area contributed by atoms with Gasteiger partial charge in [0.05, 0.1) is 23.3 Å². The van der Waals surface area contributed by atoms with E-state index in [4.69, 9.17) is 9.47 Å². The Hall–Kier alpha value is -3.51. The lowest BCUT2D eigenvalue weighted by atomic mass is 10.2. The highest BCUT2D eigenvalue weighted by Gasteiger charge is 2.25. The van der Waals surface area contributed by atoms with Crippen LogP contribution < -0.4 is 14.4 Å². The first-order valence-corrected chi connectivity index (χ1v) is 11.1. The van der Waals surface area contributed by atoms with Crippen molar-refractivity contribution in [2.24, 2.45) is 0 Å². The van der Waals surface area contributed by atoms with Crippen molar-refractivity contribution in [1.29, 1.82) is 0 Å². The van der Waals surface area contributed by atoms with E-state index in [0.717, 1.165) is 29.8 Å². The molecule has 0 aliphatic carbocycles. The average molecular weight is 463 g/mol. The smallest absolute Gasteiger partial charge is 0.312 e. The lowest BCUT2D eigenvalue weighted by Crippen LogP contribution is -2.33. The van der Waals surface area contributed by atoms with E-state index in [9.17, 15) is 28.1 Å². The number of hydrogen-bond acceptors (Lipinski definition) is 8. The van der Waals surface area contributed by atoms with Gasteiger partial charge in [-0.3, -0.25) is 19.7 Å². The second kappa shape index (κ2) is 9.75. The summed E-state index contributed by atoms with van der Waals surface area (Å²) in [4.78, 5) is 35.8. The van der Waals surface area contributed by atoms with Gasteiger partial charge in [0.1, 0.15) is 0 Å². The highest BCUT2D eigenvalue weighted by atomic mass is 32.2. The van der Waals surface area contributed by atoms with Gasteiger partial charge in [0.25, 0.3) is 5.91 Å². The molecule has 11 nitrogen and oxygen atoms in total. The molecule has 32 heavy (non-hydrogen) atoms. The normalized spacial score (nSPS) is 12.8. The number of carbonyl (C=O) groups is 2. The van der Waals surface area contributed by atoms with Crippen molar-refractivity contribution in [3.63, 3.8) is 0 Å². The fourth-order valence-electron chi connectivity index (χ4n) is 3.24. The van der Waals surface area contributed by atoms with Gasteiger partial charge in [-0.05, 0) is 30.2 Å². The topological polar surface area (TPSA) is 145 Å². The number of hydrogen-bond donors (Lipinski definition) is 1. The maximum Gasteiger partial charge on any atom is 0.312 e. The van der Waals surface area contributed by atoms with Gasteiger partial charge in [0.15, 0.2) is 12.4 Å². The summed E-state index contributed by atoms with van der Waals surface area (Å²) in [5.41, 5.74) is 1.33. The van der Waals surface area contributed by atoms with Crippen LogP contribution >= 0.6 is 0 Å². The van der Waals surface area contributed by atoms with Gasteiger partial charge in [-0.15, -0.1) is 0 Å². The molecule has 12 heteroatoms. The van der Waals surface area contributed by atoms with E-state index in [-0.39, 0.29) is 29.5 Å². The second-order valence-corrected chi connectivity index (χ2v) is 8.59. The zero-order chi connectivity index (χ0) is 23.3. The van der Waals surface area contributed by atoms with Gasteiger partial charge >= 0.3 is 11.7 Å². The summed E-state index contributed by atoms with van der Waals surface area (Å²) in [6.45, 7) is -0.254. The Balaban J connectivity index is 1.50. The average Bonchev–Trinajstić information content (AvgIpc) is 3.21. The number of ether oxygens (including phenoxy) is 2. The molecule has 170 valence electrons. The van der Waals surface area contributed by atoms with Gasteiger partial charge in [-0.2, -0.15) is 0 Å². The van der Waals surface area contributed by atoms with Crippen LogP contribution in [0.2, 0.25) is 0 Å². The van der Waals surface area contributed by atoms with Crippen LogP contribution in [0.15, 0.2) is 47.4 Å². The van der Waals surface area contributed by atoms with E-state index in [1.54, 1.807) is 4.90 Å². The molecule has 2 aromatic carbocycles. The number of nitrogens with zero attached hydrogens (tertiary/aromatic N) is 2. The number of nitro groups is 1. The molecule has 0 saturated carbocycles. The van der Waals surface area contributed by atoms with E-state index >= 15 is 0 Å². The molecule has 1 aliphatic heterocycles. The number of methoxy groups -OCH3 is 1. The fraction of sp³-hybridized carbons (Fsp3) is 0.300. The van der Waals surface area contributed by atoms with Crippen molar-refractivity contribution in [3.05, 3.63) is 58.1 Å². The Bertz CT molecular complexity index is 1150. The number of benzene rings is 2. The second-order valence-electron chi connectivity index (χ2n) is 6.82. The molecule has 0 aromatic heterocycles. The molecule has 0 bridgehead atoms. The predicted octanol–water partition coefficient (Wildman–Crippen LogP) is 1.40. The van der Waals surface area contributed by atoms with Crippen LogP contribution in [0, 0.1) is 10.1 Å².